The van der Waals surface area contributed by atoms with Gasteiger partial charge in [-0.1, -0.05) is 265 Å². The highest BCUT2D eigenvalue weighted by molar-refractivity contribution is 7.40. The lowest BCUT2D eigenvalue weighted by Gasteiger charge is -2.30. The summed E-state index contributed by atoms with van der Waals surface area (Å²) in [6.45, 7) is 27.2. The van der Waals surface area contributed by atoms with Crippen molar-refractivity contribution in [1.82, 2.24) is 0 Å². The van der Waals surface area contributed by atoms with Crippen LogP contribution in [0.3, 0.4) is 0 Å². The second-order valence-electron chi connectivity index (χ2n) is 22.7. The van der Waals surface area contributed by atoms with Gasteiger partial charge in [-0.2, -0.15) is 0 Å². The molecular formula is C72H75ClSi. The molecule has 0 unspecified atom stereocenters. The van der Waals surface area contributed by atoms with Crippen molar-refractivity contribution in [2.75, 3.05) is 0 Å². The first-order valence-corrected chi connectivity index (χ1v) is 30.2. The molecular weight excluding hydrogens is 928 g/mol. The topological polar surface area (TPSA) is 0 Å². The summed E-state index contributed by atoms with van der Waals surface area (Å²) in [5.41, 5.74) is 22.0. The van der Waals surface area contributed by atoms with E-state index in [0.29, 0.717) is 35.5 Å². The van der Waals surface area contributed by atoms with Crippen molar-refractivity contribution in [3.05, 3.63) is 234 Å². The van der Waals surface area contributed by atoms with Crippen LogP contribution in [0, 0.1) is 0 Å². The average Bonchev–Trinajstić information content (AvgIpc) is 3.42. The first kappa shape index (κ1) is 52.4. The van der Waals surface area contributed by atoms with Crippen LogP contribution >= 0.6 is 11.1 Å². The van der Waals surface area contributed by atoms with Crippen LogP contribution in [-0.2, 0) is 0 Å². The van der Waals surface area contributed by atoms with Gasteiger partial charge in [0.15, 0.2) is 0 Å². The number of benzene rings is 9. The molecule has 0 radical (unpaired) electrons. The van der Waals surface area contributed by atoms with E-state index < -0.39 is 7.38 Å². The minimum absolute atomic E-state index is 0.433. The first-order chi connectivity index (χ1) is 35.4. The predicted octanol–water partition coefficient (Wildman–Crippen LogP) is 19.6. The van der Waals surface area contributed by atoms with Gasteiger partial charge in [0, 0.05) is 0 Å². The van der Waals surface area contributed by atoms with E-state index in [9.17, 15) is 11.1 Å². The van der Waals surface area contributed by atoms with Crippen LogP contribution < -0.4 is 15.6 Å². The summed E-state index contributed by atoms with van der Waals surface area (Å²) in [4.78, 5) is 0. The summed E-state index contributed by atoms with van der Waals surface area (Å²) >= 11 is 9.21. The van der Waals surface area contributed by atoms with Gasteiger partial charge in [-0.25, -0.2) is 0 Å². The standard InChI is InChI=1S/C72H75ClSi/c1-46(2)52-13-25-58(26-14-52)64-37-65(59-27-15-53(16-28-59)47(3)4)41-70(40-64)74(73,71-42-66(60-29-17-54(18-30-60)48(5)6)38-67(43-71)61-31-19-55(20-32-61)49(7)8)72-44-68(62-33-21-56(22-34-62)50(9)10)39-69(45-72)63-35-23-57(24-36-63)51(11)12/h13-51H,1-12H3. The van der Waals surface area contributed by atoms with E-state index in [2.05, 4.69) is 283 Å². The molecule has 9 aromatic carbocycles. The molecule has 0 fully saturated rings. The van der Waals surface area contributed by atoms with E-state index in [1.807, 2.05) is 0 Å². The smallest absolute Gasteiger partial charge is 0.149 e. The molecule has 0 amide bonds. The van der Waals surface area contributed by atoms with Crippen LogP contribution in [0.5, 0.6) is 0 Å². The Labute approximate surface area is 450 Å². The average molecular weight is 1000 g/mol. The third kappa shape index (κ3) is 11.3. The van der Waals surface area contributed by atoms with E-state index in [0.717, 1.165) is 48.9 Å². The quantitative estimate of drug-likeness (QED) is 0.0545. The molecule has 0 spiro atoms. The fourth-order valence-corrected chi connectivity index (χ4v) is 14.5. The minimum Gasteiger partial charge on any atom is -0.149 e. The highest BCUT2D eigenvalue weighted by atomic mass is 35.6. The molecule has 74 heavy (non-hydrogen) atoms. The van der Waals surface area contributed by atoms with Crippen LogP contribution in [0.4, 0.5) is 0 Å². The summed E-state index contributed by atoms with van der Waals surface area (Å²) in [6, 6.07) is 76.9. The second-order valence-corrected chi connectivity index (χ2v) is 27.5. The molecule has 0 aromatic heterocycles. The summed E-state index contributed by atoms with van der Waals surface area (Å²) in [6.07, 6.45) is 0. The van der Waals surface area contributed by atoms with Crippen molar-refractivity contribution < 1.29 is 0 Å². The summed E-state index contributed by atoms with van der Waals surface area (Å²) in [5.74, 6) is 2.60. The Morgan fingerprint density at radius 3 is 0.459 bits per heavy atom. The molecule has 0 atom stereocenters. The Balaban J connectivity index is 1.39. The molecule has 374 valence electrons. The van der Waals surface area contributed by atoms with E-state index in [1.54, 1.807) is 0 Å². The number of hydrogen-bond donors (Lipinski definition) is 0. The second kappa shape index (κ2) is 22.1. The van der Waals surface area contributed by atoms with Gasteiger partial charge in [0.2, 0.25) is 7.38 Å². The third-order valence-corrected chi connectivity index (χ3v) is 20.7. The third-order valence-electron chi connectivity index (χ3n) is 15.5. The normalized spacial score (nSPS) is 12.0. The predicted molar refractivity (Wildman–Crippen MR) is 327 cm³/mol. The van der Waals surface area contributed by atoms with Crippen molar-refractivity contribution in [2.45, 2.75) is 119 Å². The summed E-state index contributed by atoms with van der Waals surface area (Å²) in [7, 11) is -3.56. The van der Waals surface area contributed by atoms with Crippen molar-refractivity contribution in [2.24, 2.45) is 0 Å². The SMILES string of the molecule is CC(C)c1ccc(-c2cc(-c3ccc(C(C)C)cc3)cc([Si](Cl)(c3cc(-c4ccc(C(C)C)cc4)cc(-c4ccc(C(C)C)cc4)c3)c3cc(-c4ccc(C(C)C)cc4)cc(-c4ccc(C(C)C)cc4)c3)c2)cc1. The Kier molecular flexibility index (Phi) is 15.7. The maximum absolute atomic E-state index is 9.21. The van der Waals surface area contributed by atoms with Crippen molar-refractivity contribution in [3.8, 4) is 66.8 Å². The largest absolute Gasteiger partial charge is 0.248 e. The molecule has 0 N–H and O–H groups in total. The van der Waals surface area contributed by atoms with Crippen molar-refractivity contribution >= 4 is 34.0 Å². The lowest BCUT2D eigenvalue weighted by Crippen LogP contribution is -2.63. The maximum Gasteiger partial charge on any atom is 0.248 e. The van der Waals surface area contributed by atoms with E-state index in [1.165, 1.54) is 66.8 Å². The summed E-state index contributed by atoms with van der Waals surface area (Å²) in [5, 5.41) is 3.44. The molecule has 0 nitrogen and oxygen atoms in total. The molecule has 9 rings (SSSR count). The highest BCUT2D eigenvalue weighted by Gasteiger charge is 2.40. The zero-order valence-electron chi connectivity index (χ0n) is 45.9. The van der Waals surface area contributed by atoms with Crippen molar-refractivity contribution in [1.29, 1.82) is 0 Å². The van der Waals surface area contributed by atoms with Gasteiger partial charge < -0.3 is 0 Å². The van der Waals surface area contributed by atoms with E-state index in [-0.39, 0.29) is 0 Å². The maximum atomic E-state index is 9.21. The highest BCUT2D eigenvalue weighted by Crippen LogP contribution is 2.36. The monoisotopic (exact) mass is 1000 g/mol. The van der Waals surface area contributed by atoms with Gasteiger partial charge in [-0.15, -0.1) is 11.1 Å². The van der Waals surface area contributed by atoms with Crippen LogP contribution in [0.2, 0.25) is 0 Å². The Morgan fingerprint density at radius 2 is 0.338 bits per heavy atom. The van der Waals surface area contributed by atoms with E-state index >= 15 is 0 Å². The van der Waals surface area contributed by atoms with Crippen LogP contribution in [0.15, 0.2) is 200 Å². The lowest BCUT2D eigenvalue weighted by atomic mass is 9.95. The van der Waals surface area contributed by atoms with Gasteiger partial charge >= 0.3 is 0 Å². The Morgan fingerprint density at radius 1 is 0.203 bits per heavy atom. The molecule has 2 heteroatoms. The lowest BCUT2D eigenvalue weighted by molar-refractivity contribution is 0.867. The van der Waals surface area contributed by atoms with E-state index in [4.69, 9.17) is 0 Å². The molecule has 0 saturated heterocycles. The molecule has 0 aliphatic heterocycles. The van der Waals surface area contributed by atoms with Gasteiger partial charge in [-0.05, 0) is 169 Å². The number of rotatable bonds is 15. The zero-order valence-corrected chi connectivity index (χ0v) is 47.7. The Hall–Kier alpha value is -6.51. The van der Waals surface area contributed by atoms with Gasteiger partial charge in [-0.3, -0.25) is 0 Å². The first-order valence-electron chi connectivity index (χ1n) is 27.2. The fraction of sp³-hybridized carbons (Fsp3) is 0.250. The zero-order chi connectivity index (χ0) is 52.4. The molecule has 9 aromatic rings. The fourth-order valence-electron chi connectivity index (χ4n) is 10.3. The van der Waals surface area contributed by atoms with Gasteiger partial charge in [0.1, 0.15) is 0 Å². The van der Waals surface area contributed by atoms with Crippen LogP contribution in [-0.4, -0.2) is 7.38 Å². The molecule has 0 bridgehead atoms. The molecule has 0 saturated carbocycles. The van der Waals surface area contributed by atoms with Crippen LogP contribution in [0.25, 0.3) is 66.8 Å². The Bertz CT molecular complexity index is 2760. The van der Waals surface area contributed by atoms with Gasteiger partial charge in [0.25, 0.3) is 0 Å². The minimum atomic E-state index is -3.56. The number of hydrogen-bond acceptors (Lipinski definition) is 0. The van der Waals surface area contributed by atoms with Crippen LogP contribution in [0.1, 0.15) is 152 Å². The molecule has 0 aliphatic carbocycles. The molecule has 0 aliphatic rings. The molecule has 0 heterocycles. The number of halogens is 1. The van der Waals surface area contributed by atoms with Gasteiger partial charge in [0.05, 0.1) is 0 Å². The summed E-state index contributed by atoms with van der Waals surface area (Å²) < 4.78 is 0. The van der Waals surface area contributed by atoms with Crippen molar-refractivity contribution in [3.63, 3.8) is 0 Å².